The van der Waals surface area contributed by atoms with Crippen LogP contribution in [0, 0.1) is 5.82 Å². The Bertz CT molecular complexity index is 623. The fourth-order valence-corrected chi connectivity index (χ4v) is 1.78. The van der Waals surface area contributed by atoms with E-state index in [0.717, 1.165) is 12.1 Å². The number of hydrogen-bond acceptors (Lipinski definition) is 2. The van der Waals surface area contributed by atoms with Crippen LogP contribution >= 0.6 is 0 Å². The van der Waals surface area contributed by atoms with E-state index in [0.29, 0.717) is 6.07 Å². The molecule has 0 fully saturated rings. The molecule has 0 saturated heterocycles. The van der Waals surface area contributed by atoms with Gasteiger partial charge in [-0.2, -0.15) is 13.2 Å². The molecule has 0 aliphatic rings. The highest BCUT2D eigenvalue weighted by Crippen LogP contribution is 2.33. The molecule has 0 amide bonds. The van der Waals surface area contributed by atoms with Gasteiger partial charge in [-0.15, -0.1) is 10.2 Å². The van der Waals surface area contributed by atoms with Crippen molar-refractivity contribution < 1.29 is 17.6 Å². The fourth-order valence-electron chi connectivity index (χ4n) is 1.78. The second-order valence-electron chi connectivity index (χ2n) is 5.39. The Morgan fingerprint density at radius 1 is 1.10 bits per heavy atom. The topological polar surface area (TPSA) is 30.7 Å². The van der Waals surface area contributed by atoms with Crippen molar-refractivity contribution >= 4 is 0 Å². The first kappa shape index (κ1) is 14.5. The predicted molar refractivity (Wildman–Crippen MR) is 65.4 cm³/mol. The minimum absolute atomic E-state index is 0.0705. The van der Waals surface area contributed by atoms with E-state index in [9.17, 15) is 17.6 Å². The largest absolute Gasteiger partial charge is 0.416 e. The third kappa shape index (κ3) is 2.66. The Morgan fingerprint density at radius 2 is 1.75 bits per heavy atom. The van der Waals surface area contributed by atoms with Crippen molar-refractivity contribution in [1.82, 2.24) is 14.8 Å². The lowest BCUT2D eigenvalue weighted by Gasteiger charge is -2.22. The molecule has 0 radical (unpaired) electrons. The van der Waals surface area contributed by atoms with Crippen LogP contribution in [0.3, 0.4) is 0 Å². The summed E-state index contributed by atoms with van der Waals surface area (Å²) in [5, 5.41) is 7.41. The summed E-state index contributed by atoms with van der Waals surface area (Å²) in [6, 6.07) is 2.25. The maximum atomic E-state index is 13.8. The van der Waals surface area contributed by atoms with Crippen molar-refractivity contribution in [2.45, 2.75) is 32.5 Å². The molecule has 108 valence electrons. The molecule has 0 aliphatic heterocycles. The molecule has 0 saturated carbocycles. The second-order valence-corrected chi connectivity index (χ2v) is 5.39. The zero-order valence-electron chi connectivity index (χ0n) is 11.2. The lowest BCUT2D eigenvalue weighted by molar-refractivity contribution is -0.137. The van der Waals surface area contributed by atoms with Gasteiger partial charge in [0.1, 0.15) is 12.1 Å². The molecule has 0 bridgehead atoms. The van der Waals surface area contributed by atoms with Crippen molar-refractivity contribution in [3.8, 4) is 11.4 Å². The second kappa shape index (κ2) is 4.57. The van der Waals surface area contributed by atoms with Crippen molar-refractivity contribution in [3.05, 3.63) is 35.9 Å². The SMILES string of the molecule is CC(C)(C)n1cnnc1-c1cc(C(F)(F)F)ccc1F. The predicted octanol–water partition coefficient (Wildman–Crippen LogP) is 3.86. The lowest BCUT2D eigenvalue weighted by atomic mass is 10.1. The Kier molecular flexibility index (Phi) is 3.31. The van der Waals surface area contributed by atoms with Gasteiger partial charge < -0.3 is 4.57 Å². The highest BCUT2D eigenvalue weighted by Gasteiger charge is 2.32. The maximum Gasteiger partial charge on any atom is 0.416 e. The molecule has 2 rings (SSSR count). The molecule has 7 heteroatoms. The van der Waals surface area contributed by atoms with Gasteiger partial charge in [-0.25, -0.2) is 4.39 Å². The van der Waals surface area contributed by atoms with E-state index in [2.05, 4.69) is 10.2 Å². The van der Waals surface area contributed by atoms with Gasteiger partial charge in [-0.05, 0) is 39.0 Å². The summed E-state index contributed by atoms with van der Waals surface area (Å²) in [5.74, 6) is -0.697. The number of hydrogen-bond donors (Lipinski definition) is 0. The van der Waals surface area contributed by atoms with E-state index >= 15 is 0 Å². The summed E-state index contributed by atoms with van der Waals surface area (Å²) in [7, 11) is 0. The quantitative estimate of drug-likeness (QED) is 0.746. The highest BCUT2D eigenvalue weighted by atomic mass is 19.4. The van der Waals surface area contributed by atoms with Crippen LogP contribution in [0.4, 0.5) is 17.6 Å². The Labute approximate surface area is 113 Å². The van der Waals surface area contributed by atoms with Crippen molar-refractivity contribution in [2.24, 2.45) is 0 Å². The Balaban J connectivity index is 2.62. The summed E-state index contributed by atoms with van der Waals surface area (Å²) in [6.07, 6.45) is -3.16. The summed E-state index contributed by atoms with van der Waals surface area (Å²) >= 11 is 0. The molecule has 0 spiro atoms. The van der Waals surface area contributed by atoms with Crippen LogP contribution in [0.5, 0.6) is 0 Å². The van der Waals surface area contributed by atoms with E-state index in [4.69, 9.17) is 0 Å². The smallest absolute Gasteiger partial charge is 0.308 e. The molecule has 3 nitrogen and oxygen atoms in total. The van der Waals surface area contributed by atoms with Gasteiger partial charge in [-0.1, -0.05) is 0 Å². The number of alkyl halides is 3. The molecule has 0 aliphatic carbocycles. The number of nitrogens with zero attached hydrogens (tertiary/aromatic N) is 3. The van der Waals surface area contributed by atoms with Gasteiger partial charge in [-0.3, -0.25) is 0 Å². The first-order chi connectivity index (χ1) is 9.10. The summed E-state index contributed by atoms with van der Waals surface area (Å²) < 4.78 is 53.5. The van der Waals surface area contributed by atoms with Crippen LogP contribution in [-0.4, -0.2) is 14.8 Å². The third-order valence-electron chi connectivity index (χ3n) is 2.81. The number of aromatic nitrogens is 3. The van der Waals surface area contributed by atoms with Crippen molar-refractivity contribution in [3.63, 3.8) is 0 Å². The van der Waals surface area contributed by atoms with Gasteiger partial charge in [0.05, 0.1) is 11.1 Å². The lowest BCUT2D eigenvalue weighted by Crippen LogP contribution is -2.22. The first-order valence-electron chi connectivity index (χ1n) is 5.88. The minimum atomic E-state index is -4.53. The van der Waals surface area contributed by atoms with Gasteiger partial charge in [0.25, 0.3) is 0 Å². The van der Waals surface area contributed by atoms with Gasteiger partial charge in [0.2, 0.25) is 0 Å². The van der Waals surface area contributed by atoms with Gasteiger partial charge >= 0.3 is 6.18 Å². The van der Waals surface area contributed by atoms with E-state index in [1.54, 1.807) is 0 Å². The van der Waals surface area contributed by atoms with E-state index in [1.807, 2.05) is 20.8 Å². The summed E-state index contributed by atoms with van der Waals surface area (Å²) in [6.45, 7) is 5.47. The van der Waals surface area contributed by atoms with Crippen LogP contribution < -0.4 is 0 Å². The summed E-state index contributed by atoms with van der Waals surface area (Å²) in [4.78, 5) is 0. The standard InChI is InChI=1S/C13H13F4N3/c1-12(2,3)20-7-18-19-11(20)9-6-8(13(15,16)17)4-5-10(9)14/h4-7H,1-3H3. The van der Waals surface area contributed by atoms with Crippen molar-refractivity contribution in [2.75, 3.05) is 0 Å². The number of halogens is 4. The van der Waals surface area contributed by atoms with Crippen LogP contribution in [0.15, 0.2) is 24.5 Å². The molecule has 1 aromatic carbocycles. The first-order valence-corrected chi connectivity index (χ1v) is 5.88. The van der Waals surface area contributed by atoms with E-state index < -0.39 is 23.1 Å². The zero-order chi connectivity index (χ0) is 15.1. The van der Waals surface area contributed by atoms with Crippen LogP contribution in [0.1, 0.15) is 26.3 Å². The number of benzene rings is 1. The molecule has 0 atom stereocenters. The molecule has 0 unspecified atom stereocenters. The zero-order valence-corrected chi connectivity index (χ0v) is 11.2. The van der Waals surface area contributed by atoms with Crippen LogP contribution in [0.25, 0.3) is 11.4 Å². The average Bonchev–Trinajstić information content (AvgIpc) is 2.76. The average molecular weight is 287 g/mol. The molecule has 2 aromatic rings. The Morgan fingerprint density at radius 3 is 2.30 bits per heavy atom. The van der Waals surface area contributed by atoms with Crippen molar-refractivity contribution in [1.29, 1.82) is 0 Å². The summed E-state index contributed by atoms with van der Waals surface area (Å²) in [5.41, 5.74) is -1.61. The van der Waals surface area contributed by atoms with Crippen LogP contribution in [0.2, 0.25) is 0 Å². The maximum absolute atomic E-state index is 13.8. The fraction of sp³-hybridized carbons (Fsp3) is 0.385. The van der Waals surface area contributed by atoms with Gasteiger partial charge in [0.15, 0.2) is 5.82 Å². The Hall–Kier alpha value is -1.92. The number of rotatable bonds is 1. The van der Waals surface area contributed by atoms with E-state index in [-0.39, 0.29) is 11.4 Å². The van der Waals surface area contributed by atoms with Crippen LogP contribution in [-0.2, 0) is 11.7 Å². The normalized spacial score (nSPS) is 12.8. The molecular weight excluding hydrogens is 274 g/mol. The third-order valence-corrected chi connectivity index (χ3v) is 2.81. The molecule has 0 N–H and O–H groups in total. The van der Waals surface area contributed by atoms with E-state index in [1.165, 1.54) is 10.9 Å². The monoisotopic (exact) mass is 287 g/mol. The highest BCUT2D eigenvalue weighted by molar-refractivity contribution is 5.58. The molecule has 1 heterocycles. The van der Waals surface area contributed by atoms with Gasteiger partial charge in [0, 0.05) is 5.54 Å². The molecule has 1 aromatic heterocycles. The molecular formula is C13H13F4N3. The minimum Gasteiger partial charge on any atom is -0.308 e. The molecule has 20 heavy (non-hydrogen) atoms.